The Labute approximate surface area is 119 Å². The molecular formula is C13H14O8. The number of rotatable bonds is 7. The van der Waals surface area contributed by atoms with Crippen molar-refractivity contribution >= 4 is 17.9 Å². The van der Waals surface area contributed by atoms with Crippen LogP contribution in [0, 0.1) is 0 Å². The van der Waals surface area contributed by atoms with E-state index in [-0.39, 0.29) is 12.4 Å². The van der Waals surface area contributed by atoms with E-state index >= 15 is 0 Å². The van der Waals surface area contributed by atoms with E-state index in [9.17, 15) is 19.5 Å². The standard InChI is InChI=1S/C13H14O8/c14-9-3-1-8(2-4-9)7-21-11(17)6-13(20,12(18)19)5-10(15)16/h1-4,14,20H,5-7H2,(H,15,16)(H,18,19). The van der Waals surface area contributed by atoms with E-state index in [4.69, 9.17) is 20.1 Å². The molecule has 1 aromatic rings. The van der Waals surface area contributed by atoms with E-state index < -0.39 is 36.4 Å². The predicted octanol–water partition coefficient (Wildman–Crippen LogP) is 0.116. The molecule has 1 atom stereocenters. The van der Waals surface area contributed by atoms with E-state index in [1.807, 2.05) is 0 Å². The molecule has 8 heteroatoms. The van der Waals surface area contributed by atoms with E-state index in [0.717, 1.165) is 0 Å². The Kier molecular flexibility index (Phi) is 5.25. The van der Waals surface area contributed by atoms with Crippen molar-refractivity contribution in [3.05, 3.63) is 29.8 Å². The molecule has 4 N–H and O–H groups in total. The summed E-state index contributed by atoms with van der Waals surface area (Å²) in [6.45, 7) is -0.193. The summed E-state index contributed by atoms with van der Waals surface area (Å²) in [5, 5.41) is 36.1. The van der Waals surface area contributed by atoms with Crippen LogP contribution >= 0.6 is 0 Å². The molecule has 0 radical (unpaired) electrons. The highest BCUT2D eigenvalue weighted by atomic mass is 16.5. The first-order valence-electron chi connectivity index (χ1n) is 5.84. The first-order chi connectivity index (χ1) is 9.73. The molecule has 0 heterocycles. The Morgan fingerprint density at radius 3 is 2.10 bits per heavy atom. The predicted molar refractivity (Wildman–Crippen MR) is 67.4 cm³/mol. The molecule has 0 amide bonds. The monoisotopic (exact) mass is 298 g/mol. The minimum atomic E-state index is -2.71. The Hall–Kier alpha value is -2.61. The lowest BCUT2D eigenvalue weighted by atomic mass is 9.96. The number of esters is 1. The van der Waals surface area contributed by atoms with Crippen LogP contribution in [0.3, 0.4) is 0 Å². The third-order valence-corrected chi connectivity index (χ3v) is 2.61. The number of benzene rings is 1. The molecule has 0 fully saturated rings. The van der Waals surface area contributed by atoms with Crippen molar-refractivity contribution in [3.8, 4) is 5.75 Å². The maximum absolute atomic E-state index is 11.5. The second-order valence-corrected chi connectivity index (χ2v) is 4.41. The van der Waals surface area contributed by atoms with E-state index in [2.05, 4.69) is 0 Å². The quantitative estimate of drug-likeness (QED) is 0.520. The normalized spacial score (nSPS) is 13.2. The number of carbonyl (C=O) groups excluding carboxylic acids is 1. The van der Waals surface area contributed by atoms with Crippen molar-refractivity contribution in [2.75, 3.05) is 0 Å². The number of phenolic OH excluding ortho intramolecular Hbond substituents is 1. The molecule has 0 aliphatic rings. The first-order valence-corrected chi connectivity index (χ1v) is 5.84. The second kappa shape index (κ2) is 6.71. The third-order valence-electron chi connectivity index (χ3n) is 2.61. The van der Waals surface area contributed by atoms with Crippen molar-refractivity contribution in [2.24, 2.45) is 0 Å². The topological polar surface area (TPSA) is 141 Å². The fourth-order valence-electron chi connectivity index (χ4n) is 1.51. The van der Waals surface area contributed by atoms with Gasteiger partial charge in [0, 0.05) is 0 Å². The number of aliphatic carboxylic acids is 2. The molecule has 0 aliphatic heterocycles. The van der Waals surface area contributed by atoms with Crippen molar-refractivity contribution in [2.45, 2.75) is 25.0 Å². The number of carbonyl (C=O) groups is 3. The van der Waals surface area contributed by atoms with Crippen LogP contribution in [0.15, 0.2) is 24.3 Å². The molecule has 1 unspecified atom stereocenters. The lowest BCUT2D eigenvalue weighted by molar-refractivity contribution is -0.172. The highest BCUT2D eigenvalue weighted by Crippen LogP contribution is 2.18. The molecule has 0 aromatic heterocycles. The van der Waals surface area contributed by atoms with E-state index in [0.29, 0.717) is 5.56 Å². The average molecular weight is 298 g/mol. The molecule has 0 bridgehead atoms. The summed E-state index contributed by atoms with van der Waals surface area (Å²) in [5.74, 6) is -4.38. The molecule has 0 saturated carbocycles. The van der Waals surface area contributed by atoms with Crippen LogP contribution in [0.1, 0.15) is 18.4 Å². The summed E-state index contributed by atoms with van der Waals surface area (Å²) in [7, 11) is 0. The van der Waals surface area contributed by atoms with Gasteiger partial charge in [-0.1, -0.05) is 12.1 Å². The highest BCUT2D eigenvalue weighted by Gasteiger charge is 2.41. The fourth-order valence-corrected chi connectivity index (χ4v) is 1.51. The Morgan fingerprint density at radius 1 is 1.05 bits per heavy atom. The SMILES string of the molecule is O=C(O)CC(O)(CC(=O)OCc1ccc(O)cc1)C(=O)O. The van der Waals surface area contributed by atoms with Gasteiger partial charge in [-0.25, -0.2) is 4.79 Å². The molecule has 0 saturated heterocycles. The van der Waals surface area contributed by atoms with E-state index in [1.54, 1.807) is 0 Å². The first kappa shape index (κ1) is 16.4. The zero-order chi connectivity index (χ0) is 16.0. The Balaban J connectivity index is 2.60. The number of ether oxygens (including phenoxy) is 1. The number of phenols is 1. The van der Waals surface area contributed by atoms with Gasteiger partial charge in [-0.3, -0.25) is 9.59 Å². The number of hydrogen-bond donors (Lipinski definition) is 4. The van der Waals surface area contributed by atoms with Crippen molar-refractivity contribution in [1.29, 1.82) is 0 Å². The van der Waals surface area contributed by atoms with Gasteiger partial charge in [-0.05, 0) is 17.7 Å². The van der Waals surface area contributed by atoms with Crippen LogP contribution in [0.5, 0.6) is 5.75 Å². The van der Waals surface area contributed by atoms with Gasteiger partial charge in [0.25, 0.3) is 0 Å². The number of aromatic hydroxyl groups is 1. The fraction of sp³-hybridized carbons (Fsp3) is 0.308. The second-order valence-electron chi connectivity index (χ2n) is 4.41. The van der Waals surface area contributed by atoms with Crippen LogP contribution in [-0.2, 0) is 25.7 Å². The molecule has 8 nitrogen and oxygen atoms in total. The Morgan fingerprint density at radius 2 is 1.62 bits per heavy atom. The minimum absolute atomic E-state index is 0.0341. The van der Waals surface area contributed by atoms with Gasteiger partial charge in [-0.15, -0.1) is 0 Å². The van der Waals surface area contributed by atoms with Crippen LogP contribution in [0.4, 0.5) is 0 Å². The molecule has 1 rings (SSSR count). The van der Waals surface area contributed by atoms with Crippen molar-refractivity contribution in [3.63, 3.8) is 0 Å². The number of hydrogen-bond acceptors (Lipinski definition) is 6. The van der Waals surface area contributed by atoms with Crippen molar-refractivity contribution in [1.82, 2.24) is 0 Å². The minimum Gasteiger partial charge on any atom is -0.508 e. The summed E-state index contributed by atoms with van der Waals surface area (Å²) in [5.41, 5.74) is -2.17. The van der Waals surface area contributed by atoms with Crippen molar-refractivity contribution < 1.29 is 39.5 Å². The molecule has 114 valence electrons. The summed E-state index contributed by atoms with van der Waals surface area (Å²) >= 11 is 0. The zero-order valence-electron chi connectivity index (χ0n) is 10.9. The van der Waals surface area contributed by atoms with Gasteiger partial charge in [0.1, 0.15) is 12.4 Å². The number of carboxylic acids is 2. The van der Waals surface area contributed by atoms with Gasteiger partial charge in [0.15, 0.2) is 5.60 Å². The smallest absolute Gasteiger partial charge is 0.336 e. The van der Waals surface area contributed by atoms with E-state index in [1.165, 1.54) is 24.3 Å². The van der Waals surface area contributed by atoms with Gasteiger partial charge >= 0.3 is 17.9 Å². The van der Waals surface area contributed by atoms with Crippen LogP contribution in [0.25, 0.3) is 0 Å². The van der Waals surface area contributed by atoms with Gasteiger partial charge in [0.2, 0.25) is 0 Å². The lowest BCUT2D eigenvalue weighted by Crippen LogP contribution is -2.43. The zero-order valence-corrected chi connectivity index (χ0v) is 10.9. The van der Waals surface area contributed by atoms with Crippen LogP contribution in [0.2, 0.25) is 0 Å². The molecule has 0 aliphatic carbocycles. The maximum Gasteiger partial charge on any atom is 0.336 e. The number of aliphatic hydroxyl groups is 1. The summed E-state index contributed by atoms with van der Waals surface area (Å²) in [4.78, 5) is 32.9. The summed E-state index contributed by atoms with van der Waals surface area (Å²) in [6.07, 6.45) is -2.09. The van der Waals surface area contributed by atoms with Gasteiger partial charge in [0.05, 0.1) is 12.8 Å². The largest absolute Gasteiger partial charge is 0.508 e. The third kappa shape index (κ3) is 5.11. The molecule has 1 aromatic carbocycles. The average Bonchev–Trinajstić information content (AvgIpc) is 2.36. The van der Waals surface area contributed by atoms with Gasteiger partial charge in [-0.2, -0.15) is 0 Å². The van der Waals surface area contributed by atoms with Crippen LogP contribution < -0.4 is 0 Å². The highest BCUT2D eigenvalue weighted by molar-refractivity contribution is 5.88. The lowest BCUT2D eigenvalue weighted by Gasteiger charge is -2.20. The molecular weight excluding hydrogens is 284 g/mol. The molecule has 0 spiro atoms. The van der Waals surface area contributed by atoms with Gasteiger partial charge < -0.3 is 25.2 Å². The molecule has 21 heavy (non-hydrogen) atoms. The summed E-state index contributed by atoms with van der Waals surface area (Å²) in [6, 6.07) is 5.73. The summed E-state index contributed by atoms with van der Waals surface area (Å²) < 4.78 is 4.76. The Bertz CT molecular complexity index is 536. The number of carboxylic acid groups (broad SMARTS) is 2. The maximum atomic E-state index is 11.5. The van der Waals surface area contributed by atoms with Crippen LogP contribution in [-0.4, -0.2) is 43.9 Å².